The number of nitrogens with zero attached hydrogens (tertiary/aromatic N) is 2. The largest absolute Gasteiger partial charge is 0.311 e. The number of aromatic nitrogens is 2. The van der Waals surface area contributed by atoms with Crippen molar-refractivity contribution in [2.45, 2.75) is 32.2 Å². The molecule has 3 rings (SSSR count). The van der Waals surface area contributed by atoms with E-state index in [-0.39, 0.29) is 0 Å². The molecule has 0 amide bonds. The van der Waals surface area contributed by atoms with Gasteiger partial charge in [-0.2, -0.15) is 0 Å². The summed E-state index contributed by atoms with van der Waals surface area (Å²) in [4.78, 5) is 8.94. The lowest BCUT2D eigenvalue weighted by molar-refractivity contribution is 0.590. The minimum Gasteiger partial charge on any atom is -0.311 e. The zero-order valence-electron chi connectivity index (χ0n) is 11.0. The van der Waals surface area contributed by atoms with Gasteiger partial charge < -0.3 is 5.32 Å². The zero-order chi connectivity index (χ0) is 12.9. The molecule has 1 aliphatic carbocycles. The van der Waals surface area contributed by atoms with Gasteiger partial charge in [0.2, 0.25) is 0 Å². The van der Waals surface area contributed by atoms with Crippen LogP contribution in [-0.4, -0.2) is 16.5 Å². The molecule has 0 aromatic carbocycles. The van der Waals surface area contributed by atoms with Crippen molar-refractivity contribution in [3.05, 3.63) is 35.5 Å². The lowest BCUT2D eigenvalue weighted by Gasteiger charge is -2.01. The van der Waals surface area contributed by atoms with Crippen LogP contribution in [0, 0.1) is 5.92 Å². The second-order valence-corrected chi connectivity index (χ2v) is 5.98. The molecule has 1 saturated carbocycles. The summed E-state index contributed by atoms with van der Waals surface area (Å²) < 4.78 is 0. The Bertz CT molecular complexity index is 505. The second kappa shape index (κ2) is 6.26. The van der Waals surface area contributed by atoms with Crippen LogP contribution in [0.1, 0.15) is 31.4 Å². The molecule has 2 aromatic heterocycles. The van der Waals surface area contributed by atoms with E-state index in [0.29, 0.717) is 0 Å². The standard InChI is InChI=1S/C15H19N3S/c1-2-9-17-14(5-1)15-18-13(11-19-15)10-16-8-3-4-12-6-7-12/h1-2,5,9,11-12,16H,3-4,6-8,10H2. The van der Waals surface area contributed by atoms with E-state index < -0.39 is 0 Å². The van der Waals surface area contributed by atoms with Crippen LogP contribution in [-0.2, 0) is 6.54 Å². The maximum Gasteiger partial charge on any atom is 0.142 e. The van der Waals surface area contributed by atoms with Crippen LogP contribution in [0.4, 0.5) is 0 Å². The van der Waals surface area contributed by atoms with Gasteiger partial charge in [0.15, 0.2) is 0 Å². The van der Waals surface area contributed by atoms with E-state index in [1.807, 2.05) is 24.4 Å². The van der Waals surface area contributed by atoms with Gasteiger partial charge in [0.1, 0.15) is 5.01 Å². The van der Waals surface area contributed by atoms with E-state index in [4.69, 9.17) is 0 Å². The Labute approximate surface area is 118 Å². The first-order chi connectivity index (χ1) is 9.42. The molecular weight excluding hydrogens is 254 g/mol. The molecule has 3 nitrogen and oxygen atoms in total. The van der Waals surface area contributed by atoms with Crippen LogP contribution in [0.2, 0.25) is 0 Å². The molecule has 2 aromatic rings. The minimum atomic E-state index is 0.869. The summed E-state index contributed by atoms with van der Waals surface area (Å²) in [6.45, 7) is 1.97. The van der Waals surface area contributed by atoms with Gasteiger partial charge in [-0.15, -0.1) is 11.3 Å². The molecule has 0 atom stereocenters. The van der Waals surface area contributed by atoms with Gasteiger partial charge in [0, 0.05) is 18.1 Å². The Kier molecular flexibility index (Phi) is 4.20. The summed E-state index contributed by atoms with van der Waals surface area (Å²) in [5.74, 6) is 1.04. The Morgan fingerprint density at radius 2 is 2.26 bits per heavy atom. The highest BCUT2D eigenvalue weighted by Crippen LogP contribution is 2.33. The summed E-state index contributed by atoms with van der Waals surface area (Å²) >= 11 is 1.67. The predicted molar refractivity (Wildman–Crippen MR) is 79.0 cm³/mol. The third-order valence-corrected chi connectivity index (χ3v) is 4.32. The molecule has 0 bridgehead atoms. The molecule has 0 saturated heterocycles. The molecule has 1 aliphatic rings. The molecule has 19 heavy (non-hydrogen) atoms. The van der Waals surface area contributed by atoms with Gasteiger partial charge in [0.25, 0.3) is 0 Å². The SMILES string of the molecule is c1ccc(-c2nc(CNCCCC3CC3)cs2)nc1. The molecule has 1 fully saturated rings. The minimum absolute atomic E-state index is 0.869. The zero-order valence-corrected chi connectivity index (χ0v) is 11.8. The summed E-state index contributed by atoms with van der Waals surface area (Å²) in [6.07, 6.45) is 7.41. The predicted octanol–water partition coefficient (Wildman–Crippen LogP) is 3.48. The summed E-state index contributed by atoms with van der Waals surface area (Å²) in [5, 5.41) is 6.61. The molecule has 2 heterocycles. The van der Waals surface area contributed by atoms with Crippen molar-refractivity contribution in [2.24, 2.45) is 5.92 Å². The van der Waals surface area contributed by atoms with Gasteiger partial charge in [-0.3, -0.25) is 4.98 Å². The van der Waals surface area contributed by atoms with Crippen LogP contribution in [0.5, 0.6) is 0 Å². The Balaban J connectivity index is 1.45. The quantitative estimate of drug-likeness (QED) is 0.785. The number of pyridine rings is 1. The Hall–Kier alpha value is -1.26. The molecule has 1 N–H and O–H groups in total. The molecule has 100 valence electrons. The highest BCUT2D eigenvalue weighted by molar-refractivity contribution is 7.13. The number of rotatable bonds is 7. The van der Waals surface area contributed by atoms with E-state index in [1.54, 1.807) is 11.3 Å². The third kappa shape index (κ3) is 3.85. The third-order valence-electron chi connectivity index (χ3n) is 3.40. The Morgan fingerprint density at radius 1 is 1.32 bits per heavy atom. The Morgan fingerprint density at radius 3 is 3.05 bits per heavy atom. The maximum absolute atomic E-state index is 4.62. The van der Waals surface area contributed by atoms with Crippen LogP contribution >= 0.6 is 11.3 Å². The van der Waals surface area contributed by atoms with E-state index in [1.165, 1.54) is 25.7 Å². The molecular formula is C15H19N3S. The van der Waals surface area contributed by atoms with Gasteiger partial charge in [-0.1, -0.05) is 18.9 Å². The normalized spacial score (nSPS) is 14.7. The fraction of sp³-hybridized carbons (Fsp3) is 0.467. The lowest BCUT2D eigenvalue weighted by Crippen LogP contribution is -2.15. The van der Waals surface area contributed by atoms with E-state index in [2.05, 4.69) is 20.7 Å². The smallest absolute Gasteiger partial charge is 0.142 e. The summed E-state index contributed by atoms with van der Waals surface area (Å²) in [6, 6.07) is 5.94. The highest BCUT2D eigenvalue weighted by Gasteiger charge is 2.19. The topological polar surface area (TPSA) is 37.8 Å². The van der Waals surface area contributed by atoms with E-state index >= 15 is 0 Å². The highest BCUT2D eigenvalue weighted by atomic mass is 32.1. The van der Waals surface area contributed by atoms with Crippen LogP contribution in [0.3, 0.4) is 0 Å². The summed E-state index contributed by atoms with van der Waals surface area (Å²) in [7, 11) is 0. The fourth-order valence-corrected chi connectivity index (χ4v) is 2.93. The maximum atomic E-state index is 4.62. The molecule has 0 unspecified atom stereocenters. The van der Waals surface area contributed by atoms with E-state index in [9.17, 15) is 0 Å². The van der Waals surface area contributed by atoms with Gasteiger partial charge >= 0.3 is 0 Å². The van der Waals surface area contributed by atoms with Crippen molar-refractivity contribution in [1.82, 2.24) is 15.3 Å². The first kappa shape index (κ1) is 12.8. The van der Waals surface area contributed by atoms with Crippen molar-refractivity contribution in [1.29, 1.82) is 0 Å². The first-order valence-corrected chi connectivity index (χ1v) is 7.86. The van der Waals surface area contributed by atoms with Gasteiger partial charge in [-0.25, -0.2) is 4.98 Å². The van der Waals surface area contributed by atoms with Gasteiger partial charge in [0.05, 0.1) is 11.4 Å². The second-order valence-electron chi connectivity index (χ2n) is 5.12. The molecule has 0 radical (unpaired) electrons. The number of nitrogens with one attached hydrogen (secondary N) is 1. The molecule has 4 heteroatoms. The fourth-order valence-electron chi connectivity index (χ4n) is 2.13. The van der Waals surface area contributed by atoms with Crippen molar-refractivity contribution in [3.63, 3.8) is 0 Å². The number of hydrogen-bond donors (Lipinski definition) is 1. The van der Waals surface area contributed by atoms with Crippen LogP contribution in [0.25, 0.3) is 10.7 Å². The van der Waals surface area contributed by atoms with Gasteiger partial charge in [-0.05, 0) is 37.4 Å². The van der Waals surface area contributed by atoms with Crippen molar-refractivity contribution in [3.8, 4) is 10.7 Å². The van der Waals surface area contributed by atoms with Crippen LogP contribution < -0.4 is 5.32 Å². The van der Waals surface area contributed by atoms with Crippen molar-refractivity contribution >= 4 is 11.3 Å². The lowest BCUT2D eigenvalue weighted by atomic mass is 10.2. The number of thiazole rings is 1. The molecule has 0 spiro atoms. The average Bonchev–Trinajstić information content (AvgIpc) is 3.16. The number of hydrogen-bond acceptors (Lipinski definition) is 4. The van der Waals surface area contributed by atoms with E-state index in [0.717, 1.165) is 35.4 Å². The summed E-state index contributed by atoms with van der Waals surface area (Å²) in [5.41, 5.74) is 2.09. The first-order valence-electron chi connectivity index (χ1n) is 6.98. The van der Waals surface area contributed by atoms with Crippen LogP contribution in [0.15, 0.2) is 29.8 Å². The van der Waals surface area contributed by atoms with Crippen molar-refractivity contribution in [2.75, 3.05) is 6.54 Å². The average molecular weight is 273 g/mol. The monoisotopic (exact) mass is 273 g/mol. The van der Waals surface area contributed by atoms with Crippen molar-refractivity contribution < 1.29 is 0 Å². The molecule has 0 aliphatic heterocycles.